The van der Waals surface area contributed by atoms with Crippen molar-refractivity contribution in [1.82, 2.24) is 15.1 Å². The van der Waals surface area contributed by atoms with Crippen molar-refractivity contribution < 1.29 is 19.4 Å². The number of benzene rings is 1. The Kier molecular flexibility index (Phi) is 6.09. The monoisotopic (exact) mass is 439 g/mol. The predicted octanol–water partition coefficient (Wildman–Crippen LogP) is 3.76. The number of aromatic nitrogens is 2. The van der Waals surface area contributed by atoms with Crippen LogP contribution in [0.15, 0.2) is 30.5 Å². The van der Waals surface area contributed by atoms with E-state index in [1.54, 1.807) is 13.3 Å². The molecule has 172 valence electrons. The molecule has 2 saturated carbocycles. The van der Waals surface area contributed by atoms with Gasteiger partial charge in [0, 0.05) is 25.1 Å². The molecule has 3 aliphatic rings. The number of hydrogen-bond acceptors (Lipinski definition) is 5. The van der Waals surface area contributed by atoms with Crippen molar-refractivity contribution in [2.45, 2.75) is 63.1 Å². The highest BCUT2D eigenvalue weighted by molar-refractivity contribution is 5.95. The summed E-state index contributed by atoms with van der Waals surface area (Å²) < 4.78 is 11.4. The first-order valence-electron chi connectivity index (χ1n) is 11.9. The number of H-pyrrole nitrogens is 1. The lowest BCUT2D eigenvalue weighted by Crippen LogP contribution is -2.42. The lowest BCUT2D eigenvalue weighted by atomic mass is 9.78. The van der Waals surface area contributed by atoms with Gasteiger partial charge in [-0.25, -0.2) is 0 Å². The van der Waals surface area contributed by atoms with Crippen LogP contribution in [-0.4, -0.2) is 58.5 Å². The van der Waals surface area contributed by atoms with Gasteiger partial charge in [-0.3, -0.25) is 9.89 Å². The van der Waals surface area contributed by atoms with Crippen LogP contribution in [-0.2, 0) is 0 Å². The molecular formula is C25H33N3O4. The van der Waals surface area contributed by atoms with Crippen LogP contribution in [0.5, 0.6) is 11.5 Å². The molecule has 3 fully saturated rings. The third-order valence-corrected chi connectivity index (χ3v) is 7.61. The molecule has 0 unspecified atom stereocenters. The third-order valence-electron chi connectivity index (χ3n) is 7.61. The summed E-state index contributed by atoms with van der Waals surface area (Å²) in [5.74, 6) is 2.57. The number of carbonyl (C=O) groups excluding carboxylic acids is 1. The molecule has 7 nitrogen and oxygen atoms in total. The molecule has 32 heavy (non-hydrogen) atoms. The maximum Gasteiger partial charge on any atom is 0.257 e. The maximum absolute atomic E-state index is 13.4. The van der Waals surface area contributed by atoms with E-state index in [1.165, 1.54) is 19.3 Å². The summed E-state index contributed by atoms with van der Waals surface area (Å²) in [7, 11) is 1.63. The van der Waals surface area contributed by atoms with Crippen molar-refractivity contribution in [3.63, 3.8) is 0 Å². The average Bonchev–Trinajstić information content (AvgIpc) is 3.47. The highest BCUT2D eigenvalue weighted by atomic mass is 16.5. The van der Waals surface area contributed by atoms with Crippen LogP contribution in [0.25, 0.3) is 0 Å². The Morgan fingerprint density at radius 1 is 1.12 bits per heavy atom. The first-order chi connectivity index (χ1) is 15.6. The highest BCUT2D eigenvalue weighted by Gasteiger charge is 2.44. The minimum atomic E-state index is -0.538. The molecule has 2 N–H and O–H groups in total. The van der Waals surface area contributed by atoms with Crippen molar-refractivity contribution in [3.8, 4) is 11.5 Å². The first kappa shape index (κ1) is 21.3. The minimum absolute atomic E-state index is 0.0773. The molecule has 1 saturated heterocycles. The number of amides is 1. The topological polar surface area (TPSA) is 87.7 Å². The molecule has 2 heterocycles. The fourth-order valence-electron chi connectivity index (χ4n) is 5.87. The van der Waals surface area contributed by atoms with E-state index in [0.29, 0.717) is 43.0 Å². The molecule has 2 aromatic rings. The van der Waals surface area contributed by atoms with Crippen molar-refractivity contribution in [3.05, 3.63) is 41.7 Å². The second-order valence-electron chi connectivity index (χ2n) is 9.64. The number of fused-ring (bicyclic) bond motifs is 1. The van der Waals surface area contributed by atoms with Gasteiger partial charge in [-0.15, -0.1) is 0 Å². The van der Waals surface area contributed by atoms with Gasteiger partial charge in [0.2, 0.25) is 0 Å². The van der Waals surface area contributed by atoms with Crippen molar-refractivity contribution in [2.24, 2.45) is 11.8 Å². The smallest absolute Gasteiger partial charge is 0.257 e. The maximum atomic E-state index is 13.4. The predicted molar refractivity (Wildman–Crippen MR) is 120 cm³/mol. The number of hydrogen-bond donors (Lipinski definition) is 2. The highest BCUT2D eigenvalue weighted by Crippen LogP contribution is 2.40. The Bertz CT molecular complexity index is 939. The molecule has 1 aliphatic heterocycles. The Hall–Kier alpha value is -2.54. The Labute approximate surface area is 189 Å². The largest absolute Gasteiger partial charge is 0.497 e. The first-order valence-corrected chi connectivity index (χ1v) is 11.9. The number of nitrogens with zero attached hydrogens (tertiary/aromatic N) is 2. The molecule has 1 aromatic heterocycles. The van der Waals surface area contributed by atoms with Gasteiger partial charge >= 0.3 is 0 Å². The summed E-state index contributed by atoms with van der Waals surface area (Å²) >= 11 is 0. The van der Waals surface area contributed by atoms with E-state index in [4.69, 9.17) is 9.47 Å². The molecule has 1 aromatic carbocycles. The number of aliphatic hydroxyl groups is 1. The molecule has 4 atom stereocenters. The fraction of sp³-hybridized carbons (Fsp3) is 0.600. The third kappa shape index (κ3) is 4.22. The lowest BCUT2D eigenvalue weighted by molar-refractivity contribution is -0.0232. The summed E-state index contributed by atoms with van der Waals surface area (Å²) in [6.45, 7) is 1.41. The van der Waals surface area contributed by atoms with Gasteiger partial charge in [0.25, 0.3) is 5.91 Å². The Morgan fingerprint density at radius 3 is 2.66 bits per heavy atom. The van der Waals surface area contributed by atoms with Crippen LogP contribution in [0.4, 0.5) is 0 Å². The number of carbonyl (C=O) groups is 1. The van der Waals surface area contributed by atoms with Gasteiger partial charge in [0.1, 0.15) is 17.6 Å². The summed E-state index contributed by atoms with van der Waals surface area (Å²) in [5, 5.41) is 18.1. The Balaban J connectivity index is 1.25. The quantitative estimate of drug-likeness (QED) is 0.741. The van der Waals surface area contributed by atoms with E-state index in [-0.39, 0.29) is 12.0 Å². The molecule has 0 spiro atoms. The number of methoxy groups -OCH3 is 1. The summed E-state index contributed by atoms with van der Waals surface area (Å²) in [4.78, 5) is 15.4. The molecule has 0 bridgehead atoms. The van der Waals surface area contributed by atoms with E-state index < -0.39 is 6.10 Å². The van der Waals surface area contributed by atoms with E-state index in [2.05, 4.69) is 10.2 Å². The minimum Gasteiger partial charge on any atom is -0.497 e. The summed E-state index contributed by atoms with van der Waals surface area (Å²) in [6, 6.07) is 7.49. The summed E-state index contributed by atoms with van der Waals surface area (Å²) in [6.07, 6.45) is 8.27. The van der Waals surface area contributed by atoms with Gasteiger partial charge in [-0.2, -0.15) is 5.10 Å². The van der Waals surface area contributed by atoms with Gasteiger partial charge < -0.3 is 19.5 Å². The van der Waals surface area contributed by atoms with E-state index in [9.17, 15) is 9.90 Å². The zero-order chi connectivity index (χ0) is 22.1. The second-order valence-corrected chi connectivity index (χ2v) is 9.64. The van der Waals surface area contributed by atoms with E-state index in [0.717, 1.165) is 36.3 Å². The average molecular weight is 440 g/mol. The Morgan fingerprint density at radius 2 is 1.88 bits per heavy atom. The standard InChI is InChI=1S/C25H33N3O4/c1-31-19-8-5-9-20(12-19)32-23-11-18-15-28(14-17(18)10-22(23)29)25(30)21-13-26-27-24(21)16-6-3-2-4-7-16/h5,8-9,12-13,16-18,22-23,29H,2-4,6-7,10-11,14-15H2,1H3,(H,26,27)/t17-,18+,22+,23+/m0/s1. The van der Waals surface area contributed by atoms with Crippen LogP contribution >= 0.6 is 0 Å². The molecule has 1 amide bonds. The van der Waals surface area contributed by atoms with Crippen LogP contribution in [0, 0.1) is 11.8 Å². The van der Waals surface area contributed by atoms with Gasteiger partial charge in [0.15, 0.2) is 0 Å². The van der Waals surface area contributed by atoms with Crippen molar-refractivity contribution >= 4 is 5.91 Å². The molecular weight excluding hydrogens is 406 g/mol. The van der Waals surface area contributed by atoms with Gasteiger partial charge in [-0.05, 0) is 49.7 Å². The number of aliphatic hydroxyl groups excluding tert-OH is 1. The van der Waals surface area contributed by atoms with E-state index in [1.807, 2.05) is 29.2 Å². The fourth-order valence-corrected chi connectivity index (χ4v) is 5.87. The normalized spacial score (nSPS) is 28.4. The van der Waals surface area contributed by atoms with Crippen molar-refractivity contribution in [2.75, 3.05) is 20.2 Å². The molecule has 7 heteroatoms. The molecule has 5 rings (SSSR count). The van der Waals surface area contributed by atoms with Crippen LogP contribution in [0.3, 0.4) is 0 Å². The molecule has 2 aliphatic carbocycles. The SMILES string of the molecule is COc1cccc(O[C@@H]2C[C@@H]3CN(C(=O)c4cn[nH]c4C4CCCCC4)C[C@@H]3C[C@H]2O)c1. The zero-order valence-corrected chi connectivity index (χ0v) is 18.7. The number of rotatable bonds is 5. The molecule has 0 radical (unpaired) electrons. The van der Waals surface area contributed by atoms with E-state index >= 15 is 0 Å². The van der Waals surface area contributed by atoms with Gasteiger partial charge in [-0.1, -0.05) is 25.3 Å². The number of likely N-dealkylation sites (tertiary alicyclic amines) is 1. The number of aromatic amines is 1. The van der Waals surface area contributed by atoms with Crippen LogP contribution < -0.4 is 9.47 Å². The number of ether oxygens (including phenoxy) is 2. The van der Waals surface area contributed by atoms with Gasteiger partial charge in [0.05, 0.1) is 30.7 Å². The zero-order valence-electron chi connectivity index (χ0n) is 18.7. The summed E-state index contributed by atoms with van der Waals surface area (Å²) in [5.41, 5.74) is 1.75. The number of nitrogens with one attached hydrogen (secondary N) is 1. The van der Waals surface area contributed by atoms with Crippen LogP contribution in [0.2, 0.25) is 0 Å². The van der Waals surface area contributed by atoms with Crippen molar-refractivity contribution in [1.29, 1.82) is 0 Å². The lowest BCUT2D eigenvalue weighted by Gasteiger charge is -2.35. The second kappa shape index (κ2) is 9.14. The van der Waals surface area contributed by atoms with Crippen LogP contribution in [0.1, 0.15) is 66.9 Å².